The van der Waals surface area contributed by atoms with Gasteiger partial charge in [-0.3, -0.25) is 4.99 Å². The summed E-state index contributed by atoms with van der Waals surface area (Å²) in [5.74, 6) is 0.703. The molecular weight excluding hydrogens is 437 g/mol. The van der Waals surface area contributed by atoms with E-state index in [-0.39, 0.29) is 36.5 Å². The van der Waals surface area contributed by atoms with Crippen molar-refractivity contribution in [3.05, 3.63) is 64.7 Å². The van der Waals surface area contributed by atoms with Gasteiger partial charge in [-0.15, -0.1) is 24.0 Å². The van der Waals surface area contributed by atoms with Gasteiger partial charge in [0.15, 0.2) is 5.96 Å². The summed E-state index contributed by atoms with van der Waals surface area (Å²) in [4.78, 5) is 4.19. The molecule has 6 heteroatoms. The van der Waals surface area contributed by atoms with E-state index in [1.807, 2.05) is 30.3 Å². The van der Waals surface area contributed by atoms with Gasteiger partial charge in [-0.25, -0.2) is 0 Å². The van der Waals surface area contributed by atoms with E-state index in [2.05, 4.69) is 30.2 Å². The molecule has 4 nitrogen and oxygen atoms in total. The van der Waals surface area contributed by atoms with Crippen molar-refractivity contribution in [2.24, 2.45) is 10.7 Å². The Kier molecular flexibility index (Phi) is 8.52. The number of guanidine groups is 1. The molecular formula is C18H23ClIN3O. The van der Waals surface area contributed by atoms with Crippen LogP contribution in [0.4, 0.5) is 5.69 Å². The highest BCUT2D eigenvalue weighted by atomic mass is 127. The minimum absolute atomic E-state index is 0. The maximum absolute atomic E-state index is 10.2. The van der Waals surface area contributed by atoms with Crippen LogP contribution in [0.25, 0.3) is 0 Å². The average molecular weight is 460 g/mol. The lowest BCUT2D eigenvalue weighted by Gasteiger charge is -2.12. The van der Waals surface area contributed by atoms with Crippen LogP contribution in [0.2, 0.25) is 5.02 Å². The average Bonchev–Trinajstić information content (AvgIpc) is 2.53. The predicted molar refractivity (Wildman–Crippen MR) is 112 cm³/mol. The Morgan fingerprint density at radius 1 is 1.21 bits per heavy atom. The highest BCUT2D eigenvalue weighted by Crippen LogP contribution is 2.22. The van der Waals surface area contributed by atoms with Crippen LogP contribution in [-0.4, -0.2) is 17.6 Å². The summed E-state index contributed by atoms with van der Waals surface area (Å²) in [5, 5.41) is 13.7. The van der Waals surface area contributed by atoms with Crippen molar-refractivity contribution in [2.45, 2.75) is 25.9 Å². The predicted octanol–water partition coefficient (Wildman–Crippen LogP) is 4.54. The number of anilines is 1. The van der Waals surface area contributed by atoms with Crippen LogP contribution in [0.3, 0.4) is 0 Å². The molecule has 1 atom stereocenters. The fourth-order valence-corrected chi connectivity index (χ4v) is 2.45. The molecule has 24 heavy (non-hydrogen) atoms. The second-order valence-corrected chi connectivity index (χ2v) is 6.08. The highest BCUT2D eigenvalue weighted by Gasteiger charge is 2.10. The zero-order chi connectivity index (χ0) is 16.8. The van der Waals surface area contributed by atoms with E-state index in [1.165, 1.54) is 5.56 Å². The SMILES string of the molecule is CC(C)c1cccc(NC(N)=NCC(O)c2ccccc2Cl)c1.I. The number of aliphatic imine (C=N–C) groups is 1. The van der Waals surface area contributed by atoms with Gasteiger partial charge in [0, 0.05) is 16.3 Å². The summed E-state index contributed by atoms with van der Waals surface area (Å²) in [6.45, 7) is 4.42. The summed E-state index contributed by atoms with van der Waals surface area (Å²) >= 11 is 6.06. The molecule has 0 aliphatic rings. The topological polar surface area (TPSA) is 70.6 Å². The Balaban J connectivity index is 0.00000288. The number of hydrogen-bond acceptors (Lipinski definition) is 2. The molecule has 0 fully saturated rings. The Morgan fingerprint density at radius 2 is 1.92 bits per heavy atom. The molecule has 0 aliphatic heterocycles. The van der Waals surface area contributed by atoms with E-state index in [4.69, 9.17) is 17.3 Å². The molecule has 0 spiro atoms. The first-order chi connectivity index (χ1) is 11.0. The molecule has 0 saturated heterocycles. The molecule has 2 aromatic carbocycles. The van der Waals surface area contributed by atoms with Crippen molar-refractivity contribution in [1.29, 1.82) is 0 Å². The fraction of sp³-hybridized carbons (Fsp3) is 0.278. The molecule has 2 rings (SSSR count). The van der Waals surface area contributed by atoms with Crippen molar-refractivity contribution < 1.29 is 5.11 Å². The van der Waals surface area contributed by atoms with Gasteiger partial charge in [0.2, 0.25) is 0 Å². The van der Waals surface area contributed by atoms with E-state index in [0.29, 0.717) is 16.5 Å². The minimum Gasteiger partial charge on any atom is -0.386 e. The van der Waals surface area contributed by atoms with E-state index in [1.54, 1.807) is 12.1 Å². The Hall–Kier alpha value is -1.31. The van der Waals surface area contributed by atoms with Crippen molar-refractivity contribution in [3.8, 4) is 0 Å². The number of aliphatic hydroxyl groups excluding tert-OH is 1. The first-order valence-electron chi connectivity index (χ1n) is 7.56. The molecule has 0 amide bonds. The number of nitrogens with one attached hydrogen (secondary N) is 1. The standard InChI is InChI=1S/C18H22ClN3O.HI/c1-12(2)13-6-5-7-14(10-13)22-18(20)21-11-17(23)15-8-3-4-9-16(15)19;/h3-10,12,17,23H,11H2,1-2H3,(H3,20,21,22);1H. The Bertz CT molecular complexity index is 691. The summed E-state index contributed by atoms with van der Waals surface area (Å²) in [5.41, 5.74) is 8.64. The summed E-state index contributed by atoms with van der Waals surface area (Å²) < 4.78 is 0. The zero-order valence-corrected chi connectivity index (χ0v) is 16.8. The van der Waals surface area contributed by atoms with E-state index >= 15 is 0 Å². The molecule has 0 bridgehead atoms. The van der Waals surface area contributed by atoms with Gasteiger partial charge in [-0.2, -0.15) is 0 Å². The molecule has 0 radical (unpaired) electrons. The third-order valence-corrected chi connectivity index (χ3v) is 3.87. The highest BCUT2D eigenvalue weighted by molar-refractivity contribution is 14.0. The van der Waals surface area contributed by atoms with Gasteiger partial charge in [0.05, 0.1) is 6.54 Å². The first-order valence-corrected chi connectivity index (χ1v) is 7.94. The molecule has 4 N–H and O–H groups in total. The quantitative estimate of drug-likeness (QED) is 0.349. The van der Waals surface area contributed by atoms with Crippen LogP contribution in [0.1, 0.15) is 37.0 Å². The molecule has 130 valence electrons. The zero-order valence-electron chi connectivity index (χ0n) is 13.7. The van der Waals surface area contributed by atoms with E-state index < -0.39 is 6.10 Å². The maximum Gasteiger partial charge on any atom is 0.193 e. The van der Waals surface area contributed by atoms with Crippen LogP contribution < -0.4 is 11.1 Å². The van der Waals surface area contributed by atoms with E-state index in [9.17, 15) is 5.11 Å². The van der Waals surface area contributed by atoms with Crippen LogP contribution in [0.15, 0.2) is 53.5 Å². The second kappa shape index (κ2) is 9.86. The van der Waals surface area contributed by atoms with Crippen LogP contribution in [-0.2, 0) is 0 Å². The van der Waals surface area contributed by atoms with Crippen LogP contribution >= 0.6 is 35.6 Å². The van der Waals surface area contributed by atoms with Gasteiger partial charge < -0.3 is 16.2 Å². The van der Waals surface area contributed by atoms with Crippen molar-refractivity contribution >= 4 is 47.2 Å². The van der Waals surface area contributed by atoms with Gasteiger partial charge in [0.1, 0.15) is 6.10 Å². The molecule has 0 aromatic heterocycles. The second-order valence-electron chi connectivity index (χ2n) is 5.67. The van der Waals surface area contributed by atoms with Crippen molar-refractivity contribution in [1.82, 2.24) is 0 Å². The smallest absolute Gasteiger partial charge is 0.193 e. The maximum atomic E-state index is 10.2. The van der Waals surface area contributed by atoms with Crippen molar-refractivity contribution in [2.75, 3.05) is 11.9 Å². The Labute approximate surface area is 165 Å². The van der Waals surface area contributed by atoms with Gasteiger partial charge in [-0.05, 0) is 29.7 Å². The number of hydrogen-bond donors (Lipinski definition) is 3. The molecule has 0 heterocycles. The number of aliphatic hydroxyl groups is 1. The summed E-state index contributed by atoms with van der Waals surface area (Å²) in [7, 11) is 0. The number of nitrogens with zero attached hydrogens (tertiary/aromatic N) is 1. The third-order valence-electron chi connectivity index (χ3n) is 3.52. The first kappa shape index (κ1) is 20.7. The van der Waals surface area contributed by atoms with Crippen LogP contribution in [0.5, 0.6) is 0 Å². The molecule has 1 unspecified atom stereocenters. The minimum atomic E-state index is -0.786. The van der Waals surface area contributed by atoms with Crippen LogP contribution in [0, 0.1) is 0 Å². The van der Waals surface area contributed by atoms with Gasteiger partial charge in [0.25, 0.3) is 0 Å². The molecule has 0 aliphatic carbocycles. The van der Waals surface area contributed by atoms with E-state index in [0.717, 1.165) is 5.69 Å². The lowest BCUT2D eigenvalue weighted by atomic mass is 10.0. The number of nitrogens with two attached hydrogens (primary N) is 1. The molecule has 0 saturated carbocycles. The normalized spacial score (nSPS) is 12.6. The number of rotatable bonds is 5. The Morgan fingerprint density at radius 3 is 2.58 bits per heavy atom. The summed E-state index contributed by atoms with van der Waals surface area (Å²) in [6, 6.07) is 15.2. The third kappa shape index (κ3) is 5.96. The monoisotopic (exact) mass is 459 g/mol. The van der Waals surface area contributed by atoms with Gasteiger partial charge >= 0.3 is 0 Å². The lowest BCUT2D eigenvalue weighted by Crippen LogP contribution is -2.23. The lowest BCUT2D eigenvalue weighted by molar-refractivity contribution is 0.187. The number of benzene rings is 2. The fourth-order valence-electron chi connectivity index (χ4n) is 2.19. The van der Waals surface area contributed by atoms with Gasteiger partial charge in [-0.1, -0.05) is 55.8 Å². The number of halogens is 2. The largest absolute Gasteiger partial charge is 0.386 e. The molecule has 2 aromatic rings. The van der Waals surface area contributed by atoms with Crippen molar-refractivity contribution in [3.63, 3.8) is 0 Å². The summed E-state index contributed by atoms with van der Waals surface area (Å²) in [6.07, 6.45) is -0.786.